The number of halogens is 1. The number of fused-ring (bicyclic) bond motifs is 1. The van der Waals surface area contributed by atoms with Crippen molar-refractivity contribution < 1.29 is 19.1 Å². The second-order valence-electron chi connectivity index (χ2n) is 5.99. The molecule has 0 saturated heterocycles. The first kappa shape index (κ1) is 18.7. The van der Waals surface area contributed by atoms with E-state index in [9.17, 15) is 14.4 Å². The van der Waals surface area contributed by atoms with Gasteiger partial charge in [-0.25, -0.2) is 0 Å². The minimum absolute atomic E-state index is 0.0495. The third kappa shape index (κ3) is 3.85. The lowest BCUT2D eigenvalue weighted by Gasteiger charge is -2.25. The van der Waals surface area contributed by atoms with Crippen molar-refractivity contribution in [1.29, 1.82) is 0 Å². The Hall–Kier alpha value is -3.12. The first-order chi connectivity index (χ1) is 12.9. The summed E-state index contributed by atoms with van der Waals surface area (Å²) in [5.74, 6) is -0.463. The van der Waals surface area contributed by atoms with Gasteiger partial charge in [0.05, 0.1) is 5.56 Å². The molecule has 0 spiro atoms. The maximum absolute atomic E-state index is 12.6. The van der Waals surface area contributed by atoms with Crippen LogP contribution in [0, 0.1) is 0 Å². The first-order valence-electron chi connectivity index (χ1n) is 8.18. The fourth-order valence-electron chi connectivity index (χ4n) is 2.71. The van der Waals surface area contributed by atoms with Gasteiger partial charge in [0.25, 0.3) is 5.91 Å². The van der Waals surface area contributed by atoms with Gasteiger partial charge in [0.1, 0.15) is 18.4 Å². The van der Waals surface area contributed by atoms with Gasteiger partial charge in [0.2, 0.25) is 5.91 Å². The molecule has 0 fully saturated rings. The third-order valence-corrected chi connectivity index (χ3v) is 4.49. The van der Waals surface area contributed by atoms with Crippen LogP contribution in [0.15, 0.2) is 55.1 Å². The predicted molar refractivity (Wildman–Crippen MR) is 103 cm³/mol. The van der Waals surface area contributed by atoms with Crippen LogP contribution in [0.2, 0.25) is 5.02 Å². The zero-order chi connectivity index (χ0) is 19.6. The standard InChI is InChI=1S/C20H17ClN2O4/c1-3-18(24)23(2)14-7-4-12(5-8-14)20(26)22-16-11-27-17-9-6-13(21)10-15(17)19(16)25/h3-10,16H,1,11H2,2H3,(H,22,26). The first-order valence-corrected chi connectivity index (χ1v) is 8.56. The topological polar surface area (TPSA) is 75.7 Å². The summed E-state index contributed by atoms with van der Waals surface area (Å²) in [6.07, 6.45) is 1.21. The Morgan fingerprint density at radius 1 is 1.26 bits per heavy atom. The molecule has 1 N–H and O–H groups in total. The predicted octanol–water partition coefficient (Wildman–Crippen LogP) is 2.86. The number of ketones is 1. The number of benzene rings is 2. The Balaban J connectivity index is 1.71. The average Bonchev–Trinajstić information content (AvgIpc) is 2.69. The molecule has 27 heavy (non-hydrogen) atoms. The quantitative estimate of drug-likeness (QED) is 0.822. The van der Waals surface area contributed by atoms with Gasteiger partial charge in [-0.1, -0.05) is 18.2 Å². The van der Waals surface area contributed by atoms with E-state index < -0.39 is 11.9 Å². The highest BCUT2D eigenvalue weighted by Crippen LogP contribution is 2.27. The molecule has 0 radical (unpaired) electrons. The molecular weight excluding hydrogens is 368 g/mol. The van der Waals surface area contributed by atoms with E-state index in [1.807, 2.05) is 0 Å². The van der Waals surface area contributed by atoms with Gasteiger partial charge < -0.3 is 15.0 Å². The van der Waals surface area contributed by atoms with Crippen molar-refractivity contribution in [3.8, 4) is 5.75 Å². The molecule has 1 aliphatic heterocycles. The number of hydrogen-bond donors (Lipinski definition) is 1. The van der Waals surface area contributed by atoms with Crippen molar-refractivity contribution in [3.63, 3.8) is 0 Å². The van der Waals surface area contributed by atoms with Crippen molar-refractivity contribution in [2.24, 2.45) is 0 Å². The number of anilines is 1. The van der Waals surface area contributed by atoms with E-state index in [2.05, 4.69) is 11.9 Å². The molecule has 2 aromatic carbocycles. The number of amides is 2. The summed E-state index contributed by atoms with van der Waals surface area (Å²) in [6.45, 7) is 3.49. The van der Waals surface area contributed by atoms with Crippen molar-refractivity contribution >= 4 is 34.9 Å². The van der Waals surface area contributed by atoms with E-state index in [0.29, 0.717) is 27.6 Å². The summed E-state index contributed by atoms with van der Waals surface area (Å²) in [5, 5.41) is 3.10. The monoisotopic (exact) mass is 384 g/mol. The number of carbonyl (C=O) groups is 3. The van der Waals surface area contributed by atoms with Crippen LogP contribution in [0.3, 0.4) is 0 Å². The van der Waals surface area contributed by atoms with Crippen LogP contribution in [0.1, 0.15) is 20.7 Å². The highest BCUT2D eigenvalue weighted by molar-refractivity contribution is 6.31. The van der Waals surface area contributed by atoms with E-state index in [0.717, 1.165) is 0 Å². The summed E-state index contributed by atoms with van der Waals surface area (Å²) in [7, 11) is 1.61. The number of hydrogen-bond acceptors (Lipinski definition) is 4. The van der Waals surface area contributed by atoms with E-state index in [4.69, 9.17) is 16.3 Å². The molecule has 0 aromatic heterocycles. The van der Waals surface area contributed by atoms with Gasteiger partial charge in [-0.05, 0) is 48.5 Å². The van der Waals surface area contributed by atoms with Crippen LogP contribution in [-0.2, 0) is 4.79 Å². The Kier molecular flexibility index (Phi) is 5.28. The fraction of sp³-hybridized carbons (Fsp3) is 0.150. The van der Waals surface area contributed by atoms with Crippen LogP contribution in [0.25, 0.3) is 0 Å². The molecule has 0 aliphatic carbocycles. The maximum atomic E-state index is 12.6. The summed E-state index contributed by atoms with van der Waals surface area (Å²) in [6, 6.07) is 10.4. The smallest absolute Gasteiger partial charge is 0.251 e. The van der Waals surface area contributed by atoms with Gasteiger partial charge in [-0.3, -0.25) is 14.4 Å². The zero-order valence-corrected chi connectivity index (χ0v) is 15.3. The number of ether oxygens (including phenoxy) is 1. The number of likely N-dealkylation sites (N-methyl/N-ethyl adjacent to an activating group) is 1. The molecular formula is C20H17ClN2O4. The summed E-state index contributed by atoms with van der Waals surface area (Å²) in [5.41, 5.74) is 1.33. The number of nitrogens with one attached hydrogen (secondary N) is 1. The van der Waals surface area contributed by atoms with E-state index >= 15 is 0 Å². The van der Waals surface area contributed by atoms with Gasteiger partial charge in [0.15, 0.2) is 5.78 Å². The molecule has 1 unspecified atom stereocenters. The van der Waals surface area contributed by atoms with E-state index in [1.54, 1.807) is 43.4 Å². The Morgan fingerprint density at radius 3 is 2.63 bits per heavy atom. The summed E-state index contributed by atoms with van der Waals surface area (Å²) >= 11 is 5.94. The van der Waals surface area contributed by atoms with Crippen molar-refractivity contribution in [1.82, 2.24) is 5.32 Å². The second kappa shape index (κ2) is 7.63. The third-order valence-electron chi connectivity index (χ3n) is 4.26. The molecule has 0 bridgehead atoms. The Bertz CT molecular complexity index is 924. The van der Waals surface area contributed by atoms with Gasteiger partial charge in [-0.2, -0.15) is 0 Å². The number of carbonyl (C=O) groups excluding carboxylic acids is 3. The SMILES string of the molecule is C=CC(=O)N(C)c1ccc(C(=O)NC2COc3ccc(Cl)cc3C2=O)cc1. The maximum Gasteiger partial charge on any atom is 0.251 e. The van der Waals surface area contributed by atoms with Crippen LogP contribution in [0.4, 0.5) is 5.69 Å². The lowest BCUT2D eigenvalue weighted by Crippen LogP contribution is -2.47. The highest BCUT2D eigenvalue weighted by atomic mass is 35.5. The minimum Gasteiger partial charge on any atom is -0.490 e. The number of rotatable bonds is 4. The normalized spacial score (nSPS) is 15.3. The summed E-state index contributed by atoms with van der Waals surface area (Å²) < 4.78 is 5.54. The Labute approximate surface area is 161 Å². The van der Waals surface area contributed by atoms with Crippen LogP contribution < -0.4 is 15.0 Å². The molecule has 1 aliphatic rings. The van der Waals surface area contributed by atoms with Gasteiger partial charge in [0, 0.05) is 23.3 Å². The Morgan fingerprint density at radius 2 is 1.96 bits per heavy atom. The second-order valence-corrected chi connectivity index (χ2v) is 6.43. The van der Waals surface area contributed by atoms with Crippen LogP contribution >= 0.6 is 11.6 Å². The van der Waals surface area contributed by atoms with Gasteiger partial charge >= 0.3 is 0 Å². The molecule has 138 valence electrons. The number of nitrogens with zero attached hydrogens (tertiary/aromatic N) is 1. The summed E-state index contributed by atoms with van der Waals surface area (Å²) in [4.78, 5) is 38.1. The fourth-order valence-corrected chi connectivity index (χ4v) is 2.88. The lowest BCUT2D eigenvalue weighted by molar-refractivity contribution is -0.113. The molecule has 1 atom stereocenters. The molecule has 7 heteroatoms. The zero-order valence-electron chi connectivity index (χ0n) is 14.6. The van der Waals surface area contributed by atoms with Crippen LogP contribution in [0.5, 0.6) is 5.75 Å². The van der Waals surface area contributed by atoms with Crippen LogP contribution in [-0.4, -0.2) is 37.3 Å². The van der Waals surface area contributed by atoms with E-state index in [-0.39, 0.29) is 18.3 Å². The molecule has 3 rings (SSSR count). The largest absolute Gasteiger partial charge is 0.490 e. The van der Waals surface area contributed by atoms with Crippen molar-refractivity contribution in [2.75, 3.05) is 18.6 Å². The average molecular weight is 385 g/mol. The van der Waals surface area contributed by atoms with Gasteiger partial charge in [-0.15, -0.1) is 0 Å². The molecule has 0 saturated carbocycles. The molecule has 6 nitrogen and oxygen atoms in total. The highest BCUT2D eigenvalue weighted by Gasteiger charge is 2.30. The molecule has 2 amide bonds. The minimum atomic E-state index is -0.798. The molecule has 1 heterocycles. The number of Topliss-reactive ketones (excluding diaryl/α,β-unsaturated/α-hetero) is 1. The molecule has 2 aromatic rings. The van der Waals surface area contributed by atoms with Crippen molar-refractivity contribution in [2.45, 2.75) is 6.04 Å². The van der Waals surface area contributed by atoms with Crippen molar-refractivity contribution in [3.05, 3.63) is 71.3 Å². The lowest BCUT2D eigenvalue weighted by atomic mass is 10.0. The van der Waals surface area contributed by atoms with E-state index in [1.165, 1.54) is 17.0 Å².